The van der Waals surface area contributed by atoms with Gasteiger partial charge >= 0.3 is 5.97 Å². The number of hydrogen-bond donors (Lipinski definition) is 0. The van der Waals surface area contributed by atoms with Gasteiger partial charge in [-0.25, -0.2) is 0 Å². The maximum absolute atomic E-state index is 11.6. The Morgan fingerprint density at radius 3 is 2.21 bits per heavy atom. The molecule has 1 fully saturated rings. The maximum Gasteiger partial charge on any atom is 0.320 e. The van der Waals surface area contributed by atoms with E-state index in [0.29, 0.717) is 13.2 Å². The largest absolute Gasteiger partial charge is 0.463 e. The monoisotopic (exact) mass is 314 g/mol. The fourth-order valence-electron chi connectivity index (χ4n) is 2.17. The van der Waals surface area contributed by atoms with Gasteiger partial charge < -0.3 is 9.64 Å². The van der Waals surface area contributed by atoms with Crippen LogP contribution in [0, 0.1) is 0 Å². The molecule has 19 heavy (non-hydrogen) atoms. The van der Waals surface area contributed by atoms with Crippen molar-refractivity contribution in [3.05, 3.63) is 0 Å². The molecule has 0 atom stereocenters. The van der Waals surface area contributed by atoms with Crippen LogP contribution in [0.3, 0.4) is 0 Å². The average Bonchev–Trinajstić information content (AvgIpc) is 2.36. The molecule has 0 aromatic carbocycles. The standard InChI is InChI=1S/C13H26N2O2.2ClH/c1-3-14(4-2)10-11-17-13(16)12-15-8-6-5-7-9-15;;/h3-12H2,1-2H3;2*1H. The molecule has 1 aliphatic rings. The number of likely N-dealkylation sites (N-methyl/N-ethyl adjacent to an activating group) is 1. The molecule has 116 valence electrons. The van der Waals surface area contributed by atoms with E-state index in [4.69, 9.17) is 4.74 Å². The minimum atomic E-state index is -0.0703. The highest BCUT2D eigenvalue weighted by atomic mass is 35.5. The first kappa shape index (κ1) is 21.3. The molecule has 0 aromatic heterocycles. The Morgan fingerprint density at radius 1 is 1.11 bits per heavy atom. The highest BCUT2D eigenvalue weighted by Gasteiger charge is 2.14. The molecule has 4 nitrogen and oxygen atoms in total. The third-order valence-corrected chi connectivity index (χ3v) is 3.37. The average molecular weight is 315 g/mol. The van der Waals surface area contributed by atoms with Crippen LogP contribution in [0.2, 0.25) is 0 Å². The van der Waals surface area contributed by atoms with Gasteiger partial charge in [-0.2, -0.15) is 0 Å². The summed E-state index contributed by atoms with van der Waals surface area (Å²) in [6, 6.07) is 0. The minimum Gasteiger partial charge on any atom is -0.463 e. The van der Waals surface area contributed by atoms with Crippen LogP contribution < -0.4 is 0 Å². The molecule has 1 rings (SSSR count). The van der Waals surface area contributed by atoms with Crippen LogP contribution >= 0.6 is 24.8 Å². The highest BCUT2D eigenvalue weighted by molar-refractivity contribution is 5.85. The smallest absolute Gasteiger partial charge is 0.320 e. The molecule has 1 saturated heterocycles. The van der Waals surface area contributed by atoms with Crippen molar-refractivity contribution in [2.45, 2.75) is 33.1 Å². The maximum atomic E-state index is 11.6. The van der Waals surface area contributed by atoms with Gasteiger partial charge in [-0.3, -0.25) is 9.69 Å². The first-order chi connectivity index (χ1) is 8.26. The van der Waals surface area contributed by atoms with Crippen molar-refractivity contribution in [1.82, 2.24) is 9.80 Å². The predicted octanol–water partition coefficient (Wildman–Crippen LogP) is 2.20. The zero-order chi connectivity index (χ0) is 12.5. The fraction of sp³-hybridized carbons (Fsp3) is 0.923. The van der Waals surface area contributed by atoms with Crippen molar-refractivity contribution >= 4 is 30.8 Å². The van der Waals surface area contributed by atoms with Crippen molar-refractivity contribution < 1.29 is 9.53 Å². The Kier molecular flexibility index (Phi) is 14.5. The Morgan fingerprint density at radius 2 is 1.68 bits per heavy atom. The number of likely N-dealkylation sites (tertiary alicyclic amines) is 1. The van der Waals surface area contributed by atoms with E-state index in [1.807, 2.05) is 0 Å². The summed E-state index contributed by atoms with van der Waals surface area (Å²) in [4.78, 5) is 16.0. The SMILES string of the molecule is CCN(CC)CCOC(=O)CN1CCCCC1.Cl.Cl. The van der Waals surface area contributed by atoms with Crippen LogP contribution in [0.1, 0.15) is 33.1 Å². The van der Waals surface area contributed by atoms with Gasteiger partial charge in [0, 0.05) is 6.54 Å². The lowest BCUT2D eigenvalue weighted by atomic mass is 10.1. The van der Waals surface area contributed by atoms with E-state index in [2.05, 4.69) is 23.6 Å². The lowest BCUT2D eigenvalue weighted by Gasteiger charge is -2.25. The topological polar surface area (TPSA) is 32.8 Å². The normalized spacial score (nSPS) is 15.5. The molecule has 6 heteroatoms. The lowest BCUT2D eigenvalue weighted by Crippen LogP contribution is -2.36. The van der Waals surface area contributed by atoms with E-state index in [-0.39, 0.29) is 30.8 Å². The summed E-state index contributed by atoms with van der Waals surface area (Å²) in [5, 5.41) is 0. The predicted molar refractivity (Wildman–Crippen MR) is 83.5 cm³/mol. The van der Waals surface area contributed by atoms with E-state index in [1.54, 1.807) is 0 Å². The van der Waals surface area contributed by atoms with Gasteiger partial charge in [0.25, 0.3) is 0 Å². The second-order valence-electron chi connectivity index (χ2n) is 4.58. The molecule has 0 amide bonds. The van der Waals surface area contributed by atoms with Crippen molar-refractivity contribution in [2.24, 2.45) is 0 Å². The molecule has 1 aliphatic heterocycles. The zero-order valence-corrected chi connectivity index (χ0v) is 13.7. The summed E-state index contributed by atoms with van der Waals surface area (Å²) in [5.41, 5.74) is 0. The second-order valence-corrected chi connectivity index (χ2v) is 4.58. The van der Waals surface area contributed by atoms with Gasteiger partial charge in [-0.05, 0) is 39.0 Å². The number of carbonyl (C=O) groups excluding carboxylic acids is 1. The van der Waals surface area contributed by atoms with Crippen molar-refractivity contribution in [1.29, 1.82) is 0 Å². The molecule has 0 aliphatic carbocycles. The van der Waals surface area contributed by atoms with E-state index in [9.17, 15) is 4.79 Å². The van der Waals surface area contributed by atoms with Crippen LogP contribution in [0.5, 0.6) is 0 Å². The number of esters is 1. The summed E-state index contributed by atoms with van der Waals surface area (Å²) in [7, 11) is 0. The van der Waals surface area contributed by atoms with E-state index >= 15 is 0 Å². The number of hydrogen-bond acceptors (Lipinski definition) is 4. The first-order valence-electron chi connectivity index (χ1n) is 6.86. The Balaban J connectivity index is 0. The van der Waals surface area contributed by atoms with Crippen molar-refractivity contribution in [3.8, 4) is 0 Å². The van der Waals surface area contributed by atoms with E-state index in [1.165, 1.54) is 19.3 Å². The Labute approximate surface area is 129 Å². The van der Waals surface area contributed by atoms with Crippen LogP contribution in [-0.4, -0.2) is 61.6 Å². The van der Waals surface area contributed by atoms with E-state index in [0.717, 1.165) is 32.7 Å². The van der Waals surface area contributed by atoms with Gasteiger partial charge in [0.05, 0.1) is 6.54 Å². The van der Waals surface area contributed by atoms with Crippen LogP contribution in [0.4, 0.5) is 0 Å². The number of ether oxygens (including phenoxy) is 1. The summed E-state index contributed by atoms with van der Waals surface area (Å²) in [6.07, 6.45) is 3.73. The van der Waals surface area contributed by atoms with Gasteiger partial charge in [0.15, 0.2) is 0 Å². The molecule has 0 bridgehead atoms. The molecule has 0 radical (unpaired) electrons. The fourth-order valence-corrected chi connectivity index (χ4v) is 2.17. The molecule has 0 saturated carbocycles. The molecule has 0 N–H and O–H groups in total. The number of carbonyl (C=O) groups is 1. The Bertz CT molecular complexity index is 221. The summed E-state index contributed by atoms with van der Waals surface area (Å²) in [5.74, 6) is -0.0703. The highest BCUT2D eigenvalue weighted by Crippen LogP contribution is 2.07. The minimum absolute atomic E-state index is 0. The first-order valence-corrected chi connectivity index (χ1v) is 6.86. The van der Waals surface area contributed by atoms with E-state index < -0.39 is 0 Å². The van der Waals surface area contributed by atoms with Gasteiger partial charge in [0.1, 0.15) is 6.61 Å². The number of piperidine rings is 1. The molecular formula is C13H28Cl2N2O2. The molecule has 0 aromatic rings. The number of rotatable bonds is 7. The lowest BCUT2D eigenvalue weighted by molar-refractivity contribution is -0.145. The molecular weight excluding hydrogens is 287 g/mol. The third kappa shape index (κ3) is 9.50. The molecule has 0 unspecified atom stereocenters. The third-order valence-electron chi connectivity index (χ3n) is 3.37. The van der Waals surface area contributed by atoms with Crippen LogP contribution in [0.25, 0.3) is 0 Å². The number of nitrogens with zero attached hydrogens (tertiary/aromatic N) is 2. The van der Waals surface area contributed by atoms with Gasteiger partial charge in [-0.15, -0.1) is 24.8 Å². The molecule has 1 heterocycles. The number of halogens is 2. The summed E-state index contributed by atoms with van der Waals surface area (Å²) < 4.78 is 5.26. The van der Waals surface area contributed by atoms with Gasteiger partial charge in [-0.1, -0.05) is 20.3 Å². The van der Waals surface area contributed by atoms with Gasteiger partial charge in [0.2, 0.25) is 0 Å². The second kappa shape index (κ2) is 13.0. The van der Waals surface area contributed by atoms with Crippen molar-refractivity contribution in [2.75, 3.05) is 45.9 Å². The van der Waals surface area contributed by atoms with Crippen LogP contribution in [0.15, 0.2) is 0 Å². The van der Waals surface area contributed by atoms with Crippen LogP contribution in [-0.2, 0) is 9.53 Å². The zero-order valence-electron chi connectivity index (χ0n) is 12.1. The Hall–Kier alpha value is -0.0300. The molecule has 0 spiro atoms. The summed E-state index contributed by atoms with van der Waals surface area (Å²) in [6.45, 7) is 10.2. The summed E-state index contributed by atoms with van der Waals surface area (Å²) >= 11 is 0. The van der Waals surface area contributed by atoms with Crippen molar-refractivity contribution in [3.63, 3.8) is 0 Å². The quantitative estimate of drug-likeness (QED) is 0.674.